The molecule has 0 spiro atoms. The summed E-state index contributed by atoms with van der Waals surface area (Å²) in [6.45, 7) is 0.239. The van der Waals surface area contributed by atoms with E-state index < -0.39 is 0 Å². The number of nitrogens with two attached hydrogens (primary N) is 1. The highest BCUT2D eigenvalue weighted by Gasteiger charge is 2.12. The maximum Gasteiger partial charge on any atom is 0.276 e. The van der Waals surface area contributed by atoms with Crippen LogP contribution in [0.5, 0.6) is 11.5 Å². The van der Waals surface area contributed by atoms with Gasteiger partial charge in [-0.2, -0.15) is 0 Å². The van der Waals surface area contributed by atoms with E-state index in [1.165, 1.54) is 11.8 Å². The van der Waals surface area contributed by atoms with Gasteiger partial charge in [0.1, 0.15) is 11.5 Å². The summed E-state index contributed by atoms with van der Waals surface area (Å²) >= 11 is 4.84. The summed E-state index contributed by atoms with van der Waals surface area (Å²) in [6.07, 6.45) is 0. The molecular formula is C12H14BrN3O3S. The molecule has 6 nitrogen and oxygen atoms in total. The molecule has 0 aliphatic carbocycles. The fraction of sp³-hybridized carbons (Fsp3) is 0.333. The number of ether oxygens (including phenoxy) is 2. The summed E-state index contributed by atoms with van der Waals surface area (Å²) < 4.78 is 16.8. The summed E-state index contributed by atoms with van der Waals surface area (Å²) in [6, 6.07) is 3.78. The Kier molecular flexibility index (Phi) is 5.27. The van der Waals surface area contributed by atoms with Gasteiger partial charge in [0.05, 0.1) is 25.2 Å². The van der Waals surface area contributed by atoms with Crippen molar-refractivity contribution in [3.63, 3.8) is 0 Å². The van der Waals surface area contributed by atoms with Gasteiger partial charge in [0.2, 0.25) is 5.89 Å². The highest BCUT2D eigenvalue weighted by atomic mass is 79.9. The Labute approximate surface area is 129 Å². The summed E-state index contributed by atoms with van der Waals surface area (Å²) in [5.41, 5.74) is 6.40. The van der Waals surface area contributed by atoms with Gasteiger partial charge in [-0.25, -0.2) is 0 Å². The first-order valence-electron chi connectivity index (χ1n) is 5.73. The molecule has 2 aromatic rings. The lowest BCUT2D eigenvalue weighted by molar-refractivity contribution is 0.397. The first kappa shape index (κ1) is 15.1. The Balaban J connectivity index is 2.15. The fourth-order valence-electron chi connectivity index (χ4n) is 1.55. The van der Waals surface area contributed by atoms with Gasteiger partial charge in [-0.1, -0.05) is 11.8 Å². The van der Waals surface area contributed by atoms with Crippen LogP contribution in [0.3, 0.4) is 0 Å². The maximum atomic E-state index is 5.42. The van der Waals surface area contributed by atoms with Crippen molar-refractivity contribution < 1.29 is 13.9 Å². The van der Waals surface area contributed by atoms with Crippen molar-refractivity contribution in [3.05, 3.63) is 28.1 Å². The standard InChI is InChI=1S/C12H14BrN3O3S/c1-17-9-4-8(13)10(18-2)3-7(9)6-20-12-16-15-11(5-14)19-12/h3-4H,5-6,14H2,1-2H3. The number of benzene rings is 1. The molecule has 2 rings (SSSR count). The summed E-state index contributed by atoms with van der Waals surface area (Å²) in [5, 5.41) is 8.20. The summed E-state index contributed by atoms with van der Waals surface area (Å²) in [5.74, 6) is 2.56. The van der Waals surface area contributed by atoms with Gasteiger partial charge in [-0.15, -0.1) is 10.2 Å². The van der Waals surface area contributed by atoms with E-state index in [9.17, 15) is 0 Å². The molecule has 0 saturated carbocycles. The first-order chi connectivity index (χ1) is 9.67. The molecule has 1 aromatic carbocycles. The molecular weight excluding hydrogens is 346 g/mol. The van der Waals surface area contributed by atoms with Crippen molar-refractivity contribution in [2.75, 3.05) is 14.2 Å². The van der Waals surface area contributed by atoms with E-state index in [4.69, 9.17) is 19.6 Å². The number of thioether (sulfide) groups is 1. The Morgan fingerprint density at radius 2 is 2.00 bits per heavy atom. The van der Waals surface area contributed by atoms with Crippen LogP contribution in [0.1, 0.15) is 11.5 Å². The molecule has 0 aliphatic heterocycles. The molecule has 0 amide bonds. The molecule has 108 valence electrons. The van der Waals surface area contributed by atoms with Crippen LogP contribution in [-0.4, -0.2) is 24.4 Å². The van der Waals surface area contributed by atoms with Crippen LogP contribution in [0.15, 0.2) is 26.2 Å². The zero-order chi connectivity index (χ0) is 14.5. The molecule has 0 fully saturated rings. The Bertz CT molecular complexity index is 591. The number of halogens is 1. The van der Waals surface area contributed by atoms with Gasteiger partial charge in [0.25, 0.3) is 5.22 Å². The largest absolute Gasteiger partial charge is 0.496 e. The van der Waals surface area contributed by atoms with Gasteiger partial charge in [-0.05, 0) is 28.1 Å². The molecule has 1 aromatic heterocycles. The second-order valence-corrected chi connectivity index (χ2v) is 5.53. The Hall–Kier alpha value is -1.25. The molecule has 0 aliphatic rings. The fourth-order valence-corrected chi connectivity index (χ4v) is 2.80. The third-order valence-electron chi connectivity index (χ3n) is 2.53. The average Bonchev–Trinajstić information content (AvgIpc) is 2.93. The molecule has 1 heterocycles. The maximum absolute atomic E-state index is 5.42. The second-order valence-electron chi connectivity index (χ2n) is 3.75. The summed E-state index contributed by atoms with van der Waals surface area (Å²) in [4.78, 5) is 0. The van der Waals surface area contributed by atoms with E-state index >= 15 is 0 Å². The number of aromatic nitrogens is 2. The zero-order valence-electron chi connectivity index (χ0n) is 11.1. The lowest BCUT2D eigenvalue weighted by atomic mass is 10.2. The smallest absolute Gasteiger partial charge is 0.276 e. The minimum atomic E-state index is 0.239. The van der Waals surface area contributed by atoms with E-state index in [-0.39, 0.29) is 6.54 Å². The highest BCUT2D eigenvalue weighted by Crippen LogP contribution is 2.35. The number of hydrogen-bond donors (Lipinski definition) is 1. The lowest BCUT2D eigenvalue weighted by Crippen LogP contribution is -1.95. The van der Waals surface area contributed by atoms with E-state index in [1.807, 2.05) is 12.1 Å². The topological polar surface area (TPSA) is 83.4 Å². The quantitative estimate of drug-likeness (QED) is 0.793. The second kappa shape index (κ2) is 6.96. The van der Waals surface area contributed by atoms with Gasteiger partial charge in [0.15, 0.2) is 0 Å². The molecule has 0 bridgehead atoms. The van der Waals surface area contributed by atoms with Crippen LogP contribution in [0, 0.1) is 0 Å². The monoisotopic (exact) mass is 359 g/mol. The highest BCUT2D eigenvalue weighted by molar-refractivity contribution is 9.10. The minimum absolute atomic E-state index is 0.239. The van der Waals surface area contributed by atoms with Crippen molar-refractivity contribution in [2.24, 2.45) is 5.73 Å². The van der Waals surface area contributed by atoms with Gasteiger partial charge in [-0.3, -0.25) is 0 Å². The third-order valence-corrected chi connectivity index (χ3v) is 4.02. The van der Waals surface area contributed by atoms with Crippen LogP contribution in [0.25, 0.3) is 0 Å². The van der Waals surface area contributed by atoms with Crippen molar-refractivity contribution >= 4 is 27.7 Å². The molecule has 0 unspecified atom stereocenters. The van der Waals surface area contributed by atoms with E-state index in [0.717, 1.165) is 21.5 Å². The molecule has 0 radical (unpaired) electrons. The number of methoxy groups -OCH3 is 2. The molecule has 0 saturated heterocycles. The third kappa shape index (κ3) is 3.44. The van der Waals surface area contributed by atoms with E-state index in [2.05, 4.69) is 26.1 Å². The predicted molar refractivity (Wildman–Crippen MR) is 79.0 cm³/mol. The Morgan fingerprint density at radius 1 is 1.25 bits per heavy atom. The van der Waals surface area contributed by atoms with E-state index in [0.29, 0.717) is 16.9 Å². The Morgan fingerprint density at radius 3 is 2.60 bits per heavy atom. The normalized spacial score (nSPS) is 10.6. The van der Waals surface area contributed by atoms with Crippen molar-refractivity contribution in [2.45, 2.75) is 17.5 Å². The predicted octanol–water partition coefficient (Wildman–Crippen LogP) is 2.60. The van der Waals surface area contributed by atoms with Crippen molar-refractivity contribution in [3.8, 4) is 11.5 Å². The van der Waals surface area contributed by atoms with Crippen LogP contribution in [-0.2, 0) is 12.3 Å². The van der Waals surface area contributed by atoms with Crippen LogP contribution >= 0.6 is 27.7 Å². The molecule has 8 heteroatoms. The number of nitrogens with zero attached hydrogens (tertiary/aromatic N) is 2. The zero-order valence-corrected chi connectivity index (χ0v) is 13.5. The minimum Gasteiger partial charge on any atom is -0.496 e. The van der Waals surface area contributed by atoms with Crippen LogP contribution in [0.2, 0.25) is 0 Å². The van der Waals surface area contributed by atoms with Gasteiger partial charge < -0.3 is 19.6 Å². The first-order valence-corrected chi connectivity index (χ1v) is 7.51. The van der Waals surface area contributed by atoms with Gasteiger partial charge in [0, 0.05) is 11.3 Å². The van der Waals surface area contributed by atoms with E-state index in [1.54, 1.807) is 14.2 Å². The van der Waals surface area contributed by atoms with Crippen molar-refractivity contribution in [1.29, 1.82) is 0 Å². The number of hydrogen-bond acceptors (Lipinski definition) is 7. The van der Waals surface area contributed by atoms with Crippen LogP contribution < -0.4 is 15.2 Å². The molecule has 20 heavy (non-hydrogen) atoms. The lowest BCUT2D eigenvalue weighted by Gasteiger charge is -2.11. The van der Waals surface area contributed by atoms with Crippen LogP contribution in [0.4, 0.5) is 0 Å². The SMILES string of the molecule is COc1cc(CSc2nnc(CN)o2)c(OC)cc1Br. The van der Waals surface area contributed by atoms with Gasteiger partial charge >= 0.3 is 0 Å². The number of rotatable bonds is 6. The molecule has 2 N–H and O–H groups in total. The van der Waals surface area contributed by atoms with Crippen molar-refractivity contribution in [1.82, 2.24) is 10.2 Å². The molecule has 0 atom stereocenters. The average molecular weight is 360 g/mol. The summed E-state index contributed by atoms with van der Waals surface area (Å²) in [7, 11) is 3.25.